The number of hydrogen-bond acceptors (Lipinski definition) is 6. The summed E-state index contributed by atoms with van der Waals surface area (Å²) in [6.45, 7) is 0. The second-order valence-corrected chi connectivity index (χ2v) is 5.54. The molecular formula is C20H16N6. The van der Waals surface area contributed by atoms with Gasteiger partial charge in [0.1, 0.15) is 0 Å². The first-order valence-corrected chi connectivity index (χ1v) is 8.16. The van der Waals surface area contributed by atoms with Crippen LogP contribution in [0.15, 0.2) is 83.3 Å². The Morgan fingerprint density at radius 1 is 0.615 bits per heavy atom. The van der Waals surface area contributed by atoms with Gasteiger partial charge in [0.25, 0.3) is 0 Å². The van der Waals surface area contributed by atoms with Gasteiger partial charge in [-0.05, 0) is 24.3 Å². The van der Waals surface area contributed by atoms with E-state index >= 15 is 0 Å². The zero-order valence-corrected chi connectivity index (χ0v) is 13.9. The monoisotopic (exact) mass is 340 g/mol. The lowest BCUT2D eigenvalue weighted by molar-refractivity contribution is 1.33. The summed E-state index contributed by atoms with van der Waals surface area (Å²) in [6, 6.07) is 19.7. The van der Waals surface area contributed by atoms with E-state index < -0.39 is 0 Å². The van der Waals surface area contributed by atoms with E-state index in [4.69, 9.17) is 0 Å². The molecular weight excluding hydrogens is 324 g/mol. The molecule has 0 aliphatic heterocycles. The third-order valence-corrected chi connectivity index (χ3v) is 3.85. The normalized spacial score (nSPS) is 11.5. The third kappa shape index (κ3) is 3.34. The number of nitrogens with zero attached hydrogens (tertiary/aromatic N) is 4. The Morgan fingerprint density at radius 3 is 1.58 bits per heavy atom. The summed E-state index contributed by atoms with van der Waals surface area (Å²) in [5.41, 5.74) is 9.43. The molecule has 0 unspecified atom stereocenters. The number of hydrazone groups is 2. The molecule has 2 N–H and O–H groups in total. The average molecular weight is 340 g/mol. The van der Waals surface area contributed by atoms with Crippen LogP contribution in [-0.4, -0.2) is 22.4 Å². The van der Waals surface area contributed by atoms with Crippen LogP contribution in [0, 0.1) is 0 Å². The first-order valence-electron chi connectivity index (χ1n) is 8.16. The van der Waals surface area contributed by atoms with Crippen LogP contribution >= 0.6 is 0 Å². The summed E-state index contributed by atoms with van der Waals surface area (Å²) in [5.74, 6) is 0. The summed E-state index contributed by atoms with van der Waals surface area (Å²) in [7, 11) is 0. The smallest absolute Gasteiger partial charge is 0.0951 e. The van der Waals surface area contributed by atoms with Gasteiger partial charge >= 0.3 is 0 Å². The van der Waals surface area contributed by atoms with Crippen molar-refractivity contribution in [2.45, 2.75) is 0 Å². The molecule has 4 rings (SSSR count). The van der Waals surface area contributed by atoms with Crippen molar-refractivity contribution in [2.75, 3.05) is 10.9 Å². The molecule has 0 amide bonds. The molecule has 26 heavy (non-hydrogen) atoms. The van der Waals surface area contributed by atoms with Gasteiger partial charge in [0.05, 0.1) is 34.8 Å². The predicted molar refractivity (Wildman–Crippen MR) is 108 cm³/mol. The van der Waals surface area contributed by atoms with Crippen molar-refractivity contribution >= 4 is 45.6 Å². The highest BCUT2D eigenvalue weighted by Crippen LogP contribution is 2.21. The summed E-state index contributed by atoms with van der Waals surface area (Å²) in [6.07, 6.45) is 6.68. The van der Waals surface area contributed by atoms with Gasteiger partial charge < -0.3 is 0 Å². The number of pyridine rings is 2. The molecule has 126 valence electrons. The highest BCUT2D eigenvalue weighted by atomic mass is 15.3. The van der Waals surface area contributed by atoms with Gasteiger partial charge in [0, 0.05) is 23.2 Å². The van der Waals surface area contributed by atoms with Crippen LogP contribution in [0.5, 0.6) is 0 Å². The molecule has 0 saturated heterocycles. The van der Waals surface area contributed by atoms with Crippen molar-refractivity contribution in [2.24, 2.45) is 10.2 Å². The fourth-order valence-corrected chi connectivity index (χ4v) is 2.67. The number of benzene rings is 2. The summed E-state index contributed by atoms with van der Waals surface area (Å²) in [4.78, 5) is 8.75. The van der Waals surface area contributed by atoms with Gasteiger partial charge in [-0.15, -0.1) is 0 Å². The fraction of sp³-hybridized carbons (Fsp3) is 0. The molecule has 2 heterocycles. The van der Waals surface area contributed by atoms with Crippen molar-refractivity contribution in [3.8, 4) is 0 Å². The maximum absolute atomic E-state index is 4.38. The Kier molecular flexibility index (Phi) is 4.47. The van der Waals surface area contributed by atoms with E-state index in [1.807, 2.05) is 60.7 Å². The molecule has 0 atom stereocenters. The van der Waals surface area contributed by atoms with E-state index in [0.29, 0.717) is 0 Å². The van der Waals surface area contributed by atoms with Gasteiger partial charge in [0.15, 0.2) is 0 Å². The van der Waals surface area contributed by atoms with Crippen LogP contribution in [-0.2, 0) is 0 Å². The zero-order chi connectivity index (χ0) is 17.6. The van der Waals surface area contributed by atoms with Crippen LogP contribution in [0.3, 0.4) is 0 Å². The van der Waals surface area contributed by atoms with Crippen molar-refractivity contribution in [1.29, 1.82) is 0 Å². The number of rotatable bonds is 5. The standard InChI is InChI=1S/C20H16N6/c1-5-15-7-3-11-21-19(15)17(9-1)25-23-13-14-24-26-18-10-2-6-16-8-4-12-22-20(16)18/h1-14,25-26H/b23-13-,24-14-. The van der Waals surface area contributed by atoms with Crippen LogP contribution in [0.25, 0.3) is 21.8 Å². The van der Waals surface area contributed by atoms with E-state index in [2.05, 4.69) is 31.0 Å². The van der Waals surface area contributed by atoms with Gasteiger partial charge in [-0.1, -0.05) is 36.4 Å². The Morgan fingerprint density at radius 2 is 1.08 bits per heavy atom. The Balaban J connectivity index is 1.42. The highest BCUT2D eigenvalue weighted by molar-refractivity contribution is 6.16. The summed E-state index contributed by atoms with van der Waals surface area (Å²) >= 11 is 0. The largest absolute Gasteiger partial charge is 0.276 e. The Labute approximate surface area is 150 Å². The lowest BCUT2D eigenvalue weighted by atomic mass is 10.2. The Bertz CT molecular complexity index is 1000. The molecule has 0 fully saturated rings. The quantitative estimate of drug-likeness (QED) is 0.420. The van der Waals surface area contributed by atoms with E-state index in [0.717, 1.165) is 33.2 Å². The predicted octanol–water partition coefficient (Wildman–Crippen LogP) is 4.28. The van der Waals surface area contributed by atoms with Crippen molar-refractivity contribution in [3.63, 3.8) is 0 Å². The molecule has 0 aliphatic carbocycles. The minimum absolute atomic E-state index is 0.846. The minimum atomic E-state index is 0.846. The molecule has 0 spiro atoms. The highest BCUT2D eigenvalue weighted by Gasteiger charge is 2.00. The number of fused-ring (bicyclic) bond motifs is 2. The molecule has 6 nitrogen and oxygen atoms in total. The van der Waals surface area contributed by atoms with Crippen molar-refractivity contribution < 1.29 is 0 Å². The number of para-hydroxylation sites is 2. The van der Waals surface area contributed by atoms with Gasteiger partial charge in [-0.3, -0.25) is 20.8 Å². The SMILES string of the molecule is C(/C=N\Nc1cccc2cccnc12)=N/Nc1cccc2cccnc12. The van der Waals surface area contributed by atoms with Crippen molar-refractivity contribution in [1.82, 2.24) is 9.97 Å². The van der Waals surface area contributed by atoms with Gasteiger partial charge in [-0.2, -0.15) is 10.2 Å². The van der Waals surface area contributed by atoms with Crippen LogP contribution in [0.2, 0.25) is 0 Å². The van der Waals surface area contributed by atoms with E-state index in [9.17, 15) is 0 Å². The fourth-order valence-electron chi connectivity index (χ4n) is 2.67. The first kappa shape index (κ1) is 15.7. The third-order valence-electron chi connectivity index (χ3n) is 3.85. The van der Waals surface area contributed by atoms with E-state index in [-0.39, 0.29) is 0 Å². The number of hydrogen-bond donors (Lipinski definition) is 2. The topological polar surface area (TPSA) is 74.6 Å². The lowest BCUT2D eigenvalue weighted by Crippen LogP contribution is -1.95. The van der Waals surface area contributed by atoms with Crippen molar-refractivity contribution in [3.05, 3.63) is 73.1 Å². The first-order chi connectivity index (χ1) is 12.9. The van der Waals surface area contributed by atoms with Gasteiger partial charge in [0.2, 0.25) is 0 Å². The second-order valence-electron chi connectivity index (χ2n) is 5.54. The Hall–Kier alpha value is -3.80. The molecule has 4 aromatic rings. The maximum Gasteiger partial charge on any atom is 0.0951 e. The molecule has 0 radical (unpaired) electrons. The van der Waals surface area contributed by atoms with Crippen LogP contribution in [0.1, 0.15) is 0 Å². The van der Waals surface area contributed by atoms with E-state index in [1.54, 1.807) is 24.8 Å². The summed E-state index contributed by atoms with van der Waals surface area (Å²) < 4.78 is 0. The molecule has 0 saturated carbocycles. The summed E-state index contributed by atoms with van der Waals surface area (Å²) in [5, 5.41) is 10.5. The molecule has 0 aliphatic rings. The molecule has 0 bridgehead atoms. The average Bonchev–Trinajstić information content (AvgIpc) is 2.71. The van der Waals surface area contributed by atoms with Crippen LogP contribution in [0.4, 0.5) is 11.4 Å². The van der Waals surface area contributed by atoms with E-state index in [1.165, 1.54) is 0 Å². The molecule has 2 aromatic carbocycles. The molecule has 2 aromatic heterocycles. The maximum atomic E-state index is 4.38. The number of anilines is 2. The lowest BCUT2D eigenvalue weighted by Gasteiger charge is -2.04. The van der Waals surface area contributed by atoms with Crippen LogP contribution < -0.4 is 10.9 Å². The molecule has 6 heteroatoms. The number of nitrogens with one attached hydrogen (secondary N) is 2. The minimum Gasteiger partial charge on any atom is -0.276 e. The number of aromatic nitrogens is 2. The van der Waals surface area contributed by atoms with Gasteiger partial charge in [-0.25, -0.2) is 0 Å². The second kappa shape index (κ2) is 7.40. The zero-order valence-electron chi connectivity index (χ0n) is 13.9.